The minimum atomic E-state index is 0.629. The van der Waals surface area contributed by atoms with Crippen LogP contribution in [0.1, 0.15) is 23.6 Å². The largest absolute Gasteiger partial charge is 0.256 e. The topological polar surface area (TPSA) is 37.6 Å². The van der Waals surface area contributed by atoms with E-state index in [2.05, 4.69) is 68.1 Å². The van der Waals surface area contributed by atoms with Gasteiger partial charge in [0.2, 0.25) is 0 Å². The van der Waals surface area contributed by atoms with Crippen molar-refractivity contribution >= 4 is 38.8 Å². The standard InChI is InChI=1S/C36H27N3/c1-25(27-15-5-3-6-16-27)38-36(28-17-7-4-8-18-28)39-26(2)34-29-19-9-11-21-31(29)35(33-23-13-14-24-37-33)32-22-12-10-20-30(32)34/h3-24H,1H2,2H3/b38-36-,39-26+. The number of amidine groups is 1. The summed E-state index contributed by atoms with van der Waals surface area (Å²) in [5, 5.41) is 4.55. The fourth-order valence-corrected chi connectivity index (χ4v) is 5.08. The third-order valence-corrected chi connectivity index (χ3v) is 6.87. The molecule has 0 fully saturated rings. The van der Waals surface area contributed by atoms with Crippen LogP contribution in [0.4, 0.5) is 0 Å². The molecule has 0 aliphatic carbocycles. The Hall–Kier alpha value is -5.15. The van der Waals surface area contributed by atoms with Crippen molar-refractivity contribution in [1.82, 2.24) is 4.98 Å². The van der Waals surface area contributed by atoms with Crippen molar-refractivity contribution in [2.75, 3.05) is 0 Å². The van der Waals surface area contributed by atoms with Gasteiger partial charge in [0.05, 0.1) is 11.4 Å². The number of fused-ring (bicyclic) bond motifs is 2. The van der Waals surface area contributed by atoms with Crippen LogP contribution in [-0.4, -0.2) is 16.5 Å². The van der Waals surface area contributed by atoms with Crippen LogP contribution in [0.3, 0.4) is 0 Å². The van der Waals surface area contributed by atoms with Crippen molar-refractivity contribution < 1.29 is 0 Å². The summed E-state index contributed by atoms with van der Waals surface area (Å²) in [6, 6.07) is 43.2. The van der Waals surface area contributed by atoms with Crippen LogP contribution in [0.5, 0.6) is 0 Å². The summed E-state index contributed by atoms with van der Waals surface area (Å²) in [5.74, 6) is 0.629. The Morgan fingerprint density at radius 1 is 0.564 bits per heavy atom. The summed E-state index contributed by atoms with van der Waals surface area (Å²) in [5.41, 5.74) is 6.64. The Balaban J connectivity index is 1.60. The van der Waals surface area contributed by atoms with E-state index in [4.69, 9.17) is 15.0 Å². The first-order chi connectivity index (χ1) is 19.2. The molecule has 0 bridgehead atoms. The van der Waals surface area contributed by atoms with E-state index < -0.39 is 0 Å². The number of benzene rings is 5. The van der Waals surface area contributed by atoms with Crippen LogP contribution < -0.4 is 0 Å². The van der Waals surface area contributed by atoms with E-state index in [-0.39, 0.29) is 0 Å². The maximum absolute atomic E-state index is 5.18. The van der Waals surface area contributed by atoms with E-state index in [1.54, 1.807) is 0 Å². The smallest absolute Gasteiger partial charge is 0.160 e. The van der Waals surface area contributed by atoms with Crippen molar-refractivity contribution in [1.29, 1.82) is 0 Å². The molecule has 0 saturated carbocycles. The highest BCUT2D eigenvalue weighted by Gasteiger charge is 2.18. The second kappa shape index (κ2) is 10.7. The van der Waals surface area contributed by atoms with Gasteiger partial charge in [0.1, 0.15) is 0 Å². The van der Waals surface area contributed by atoms with Crippen LogP contribution >= 0.6 is 0 Å². The molecule has 1 heterocycles. The number of pyridine rings is 1. The highest BCUT2D eigenvalue weighted by Crippen LogP contribution is 2.38. The van der Waals surface area contributed by atoms with Crippen LogP contribution in [-0.2, 0) is 0 Å². The van der Waals surface area contributed by atoms with Crippen LogP contribution in [0.25, 0.3) is 38.5 Å². The number of aliphatic imine (C=N–C) groups is 2. The average Bonchev–Trinajstić information content (AvgIpc) is 3.00. The summed E-state index contributed by atoms with van der Waals surface area (Å²) in [7, 11) is 0. The highest BCUT2D eigenvalue weighted by atomic mass is 14.9. The predicted octanol–water partition coefficient (Wildman–Crippen LogP) is 8.98. The van der Waals surface area contributed by atoms with Crippen molar-refractivity contribution in [2.45, 2.75) is 6.92 Å². The van der Waals surface area contributed by atoms with Gasteiger partial charge in [-0.1, -0.05) is 122 Å². The first-order valence-electron chi connectivity index (χ1n) is 13.0. The molecule has 6 aromatic rings. The third kappa shape index (κ3) is 4.78. The first kappa shape index (κ1) is 24.2. The lowest BCUT2D eigenvalue weighted by atomic mass is 9.88. The number of hydrogen-bond acceptors (Lipinski definition) is 2. The van der Waals surface area contributed by atoms with E-state index in [1.807, 2.05) is 79.0 Å². The Morgan fingerprint density at radius 3 is 1.64 bits per heavy atom. The van der Waals surface area contributed by atoms with Crippen LogP contribution in [0, 0.1) is 0 Å². The van der Waals surface area contributed by atoms with E-state index in [0.717, 1.165) is 55.2 Å². The molecule has 186 valence electrons. The quantitative estimate of drug-likeness (QED) is 0.132. The molecule has 3 heteroatoms. The molecular formula is C36H27N3. The van der Waals surface area contributed by atoms with E-state index in [0.29, 0.717) is 11.5 Å². The molecular weight excluding hydrogens is 474 g/mol. The monoisotopic (exact) mass is 501 g/mol. The van der Waals surface area contributed by atoms with Gasteiger partial charge in [0.25, 0.3) is 0 Å². The van der Waals surface area contributed by atoms with E-state index >= 15 is 0 Å². The van der Waals surface area contributed by atoms with Gasteiger partial charge in [0, 0.05) is 28.6 Å². The van der Waals surface area contributed by atoms with Gasteiger partial charge in [-0.25, -0.2) is 9.98 Å². The van der Waals surface area contributed by atoms with E-state index in [1.165, 1.54) is 0 Å². The Labute approximate surface area is 228 Å². The minimum Gasteiger partial charge on any atom is -0.256 e. The zero-order chi connectivity index (χ0) is 26.6. The summed E-state index contributed by atoms with van der Waals surface area (Å²) >= 11 is 0. The SMILES string of the molecule is C=C(/N=C(\N=C(/C)c1c2ccccc2c(-c2ccccn2)c2ccccc12)c1ccccc1)c1ccccc1. The van der Waals surface area contributed by atoms with Gasteiger partial charge in [-0.05, 0) is 46.2 Å². The van der Waals surface area contributed by atoms with Gasteiger partial charge in [-0.2, -0.15) is 0 Å². The number of hydrogen-bond donors (Lipinski definition) is 0. The van der Waals surface area contributed by atoms with Gasteiger partial charge in [-0.15, -0.1) is 0 Å². The molecule has 1 aromatic heterocycles. The lowest BCUT2D eigenvalue weighted by Gasteiger charge is -2.17. The Bertz CT molecular complexity index is 1800. The lowest BCUT2D eigenvalue weighted by Crippen LogP contribution is -2.06. The van der Waals surface area contributed by atoms with Gasteiger partial charge in [-0.3, -0.25) is 4.98 Å². The lowest BCUT2D eigenvalue weighted by molar-refractivity contribution is 1.34. The summed E-state index contributed by atoms with van der Waals surface area (Å²) in [4.78, 5) is 14.8. The maximum atomic E-state index is 5.18. The minimum absolute atomic E-state index is 0.629. The highest BCUT2D eigenvalue weighted by molar-refractivity contribution is 6.27. The molecule has 0 spiro atoms. The maximum Gasteiger partial charge on any atom is 0.160 e. The molecule has 0 atom stereocenters. The zero-order valence-corrected chi connectivity index (χ0v) is 21.8. The second-order valence-electron chi connectivity index (χ2n) is 9.37. The van der Waals surface area contributed by atoms with Crippen molar-refractivity contribution in [3.05, 3.63) is 157 Å². The molecule has 5 aromatic carbocycles. The number of rotatable bonds is 5. The van der Waals surface area contributed by atoms with Crippen LogP contribution in [0.2, 0.25) is 0 Å². The summed E-state index contributed by atoms with van der Waals surface area (Å²) in [6.45, 7) is 6.32. The van der Waals surface area contributed by atoms with E-state index in [9.17, 15) is 0 Å². The molecule has 0 aliphatic rings. The van der Waals surface area contributed by atoms with Crippen molar-refractivity contribution in [3.63, 3.8) is 0 Å². The summed E-state index contributed by atoms with van der Waals surface area (Å²) < 4.78 is 0. The zero-order valence-electron chi connectivity index (χ0n) is 21.8. The fraction of sp³-hybridized carbons (Fsp3) is 0.0278. The van der Waals surface area contributed by atoms with Crippen molar-refractivity contribution in [2.24, 2.45) is 9.98 Å². The Kier molecular flexibility index (Phi) is 6.63. The number of nitrogens with zero attached hydrogens (tertiary/aromatic N) is 3. The average molecular weight is 502 g/mol. The fourth-order valence-electron chi connectivity index (χ4n) is 5.08. The molecule has 0 unspecified atom stereocenters. The third-order valence-electron chi connectivity index (χ3n) is 6.87. The molecule has 0 N–H and O–H groups in total. The number of aromatic nitrogens is 1. The van der Waals surface area contributed by atoms with Crippen LogP contribution in [0.15, 0.2) is 150 Å². The van der Waals surface area contributed by atoms with Gasteiger partial charge in [0.15, 0.2) is 5.84 Å². The van der Waals surface area contributed by atoms with Gasteiger partial charge < -0.3 is 0 Å². The first-order valence-corrected chi connectivity index (χ1v) is 13.0. The normalized spacial score (nSPS) is 12.1. The molecule has 0 amide bonds. The van der Waals surface area contributed by atoms with Gasteiger partial charge >= 0.3 is 0 Å². The predicted molar refractivity (Wildman–Crippen MR) is 165 cm³/mol. The molecule has 39 heavy (non-hydrogen) atoms. The second-order valence-corrected chi connectivity index (χ2v) is 9.37. The Morgan fingerprint density at radius 2 is 1.08 bits per heavy atom. The molecule has 0 radical (unpaired) electrons. The molecule has 0 aliphatic heterocycles. The van der Waals surface area contributed by atoms with Crippen molar-refractivity contribution in [3.8, 4) is 11.3 Å². The summed E-state index contributed by atoms with van der Waals surface area (Å²) in [6.07, 6.45) is 1.85. The molecule has 6 rings (SSSR count). The molecule has 0 saturated heterocycles. The molecule has 3 nitrogen and oxygen atoms in total.